The fourth-order valence-electron chi connectivity index (χ4n) is 1.54. The van der Waals surface area contributed by atoms with Crippen LogP contribution in [0.5, 0.6) is 0 Å². The predicted molar refractivity (Wildman–Crippen MR) is 49.4 cm³/mol. The third kappa shape index (κ3) is 1.85. The Bertz CT molecular complexity index is 239. The molecule has 0 nitrogen and oxygen atoms in total. The van der Waals surface area contributed by atoms with Crippen LogP contribution in [0.4, 0.5) is 0 Å². The van der Waals surface area contributed by atoms with Crippen molar-refractivity contribution in [3.05, 3.63) is 43.9 Å². The highest BCUT2D eigenvalue weighted by Gasteiger charge is 2.08. The van der Waals surface area contributed by atoms with Crippen LogP contribution in [0.15, 0.2) is 43.9 Å². The lowest BCUT2D eigenvalue weighted by Crippen LogP contribution is -1.96. The summed E-state index contributed by atoms with van der Waals surface area (Å²) in [5, 5.41) is 0. The van der Waals surface area contributed by atoms with Crippen molar-refractivity contribution in [1.29, 1.82) is 0 Å². The monoisotopic (exact) mass is 154 g/mol. The minimum Gasteiger partial charge on any atom is -0.182 e. The number of allylic oxidation sites excluding steroid dienone is 8. The summed E-state index contributed by atoms with van der Waals surface area (Å²) in [7, 11) is 0. The summed E-state index contributed by atoms with van der Waals surface area (Å²) in [5.41, 5.74) is 0. The Hall–Kier alpha value is -0.274. The highest BCUT2D eigenvalue weighted by atomic mass is 24.5. The Morgan fingerprint density at radius 3 is 1.82 bits per heavy atom. The van der Waals surface area contributed by atoms with E-state index >= 15 is 0 Å². The molecule has 0 radical (unpaired) electrons. The molecule has 11 heavy (non-hydrogen) atoms. The van der Waals surface area contributed by atoms with Gasteiger partial charge in [-0.15, -0.1) is 0 Å². The van der Waals surface area contributed by atoms with Gasteiger partial charge in [-0.05, 0) is 12.8 Å². The van der Waals surface area contributed by atoms with Crippen molar-refractivity contribution in [2.75, 3.05) is 0 Å². The second kappa shape index (κ2) is 3.42. The summed E-state index contributed by atoms with van der Waals surface area (Å²) in [5.74, 6) is 0. The van der Waals surface area contributed by atoms with Crippen molar-refractivity contribution >= 4 is 20.4 Å². The summed E-state index contributed by atoms with van der Waals surface area (Å²) < 4.78 is 3.39. The van der Waals surface area contributed by atoms with E-state index in [1.165, 1.54) is 12.8 Å². The van der Waals surface area contributed by atoms with Crippen LogP contribution in [-0.2, 0) is 0 Å². The zero-order valence-electron chi connectivity index (χ0n) is 6.59. The molecule has 0 bridgehead atoms. The molecule has 1 heteroatoms. The van der Waals surface area contributed by atoms with E-state index in [0.29, 0.717) is 0 Å². The van der Waals surface area contributed by atoms with Crippen LogP contribution < -0.4 is 0 Å². The molecule has 0 spiro atoms. The van der Waals surface area contributed by atoms with Gasteiger partial charge in [-0.1, -0.05) is 36.5 Å². The van der Waals surface area contributed by atoms with Gasteiger partial charge in [0.25, 0.3) is 0 Å². The Balaban J connectivity index is 1.91. The average Bonchev–Trinajstić information content (AvgIpc) is 2.60. The van der Waals surface area contributed by atoms with Crippen molar-refractivity contribution in [2.24, 2.45) is 0 Å². The molecule has 2 aliphatic carbocycles. The predicted octanol–water partition coefficient (Wildman–Crippen LogP) is 2.38. The van der Waals surface area contributed by atoms with Crippen molar-refractivity contribution in [2.45, 2.75) is 12.8 Å². The molecule has 2 aliphatic rings. The molecule has 0 saturated heterocycles. The number of rotatable bonds is 2. The highest BCUT2D eigenvalue weighted by Crippen LogP contribution is 2.16. The fraction of sp³-hybridized carbons (Fsp3) is 0.200. The number of hydrogen-bond donors (Lipinski definition) is 0. The Kier molecular flexibility index (Phi) is 2.29. The zero-order chi connectivity index (χ0) is 7.52. The first-order chi connectivity index (χ1) is 5.45. The third-order valence-electron chi connectivity index (χ3n) is 2.15. The van der Waals surface area contributed by atoms with Gasteiger partial charge >= 0.3 is 20.4 Å². The van der Waals surface area contributed by atoms with Crippen LogP contribution in [0.3, 0.4) is 0 Å². The van der Waals surface area contributed by atoms with Crippen molar-refractivity contribution in [3.63, 3.8) is 0 Å². The molecule has 0 heterocycles. The van der Waals surface area contributed by atoms with Crippen LogP contribution in [-0.4, -0.2) is 20.4 Å². The van der Waals surface area contributed by atoms with E-state index in [0.717, 1.165) is 0 Å². The van der Waals surface area contributed by atoms with Crippen molar-refractivity contribution in [3.8, 4) is 0 Å². The van der Waals surface area contributed by atoms with E-state index in [2.05, 4.69) is 36.5 Å². The van der Waals surface area contributed by atoms with E-state index in [4.69, 9.17) is 0 Å². The molecule has 0 aromatic heterocycles. The van der Waals surface area contributed by atoms with Crippen LogP contribution >= 0.6 is 0 Å². The van der Waals surface area contributed by atoms with Crippen LogP contribution in [0.2, 0.25) is 0 Å². The Morgan fingerprint density at radius 1 is 0.909 bits per heavy atom. The van der Waals surface area contributed by atoms with Crippen molar-refractivity contribution < 1.29 is 0 Å². The summed E-state index contributed by atoms with van der Waals surface area (Å²) in [4.78, 5) is 0. The van der Waals surface area contributed by atoms with Gasteiger partial charge in [0.2, 0.25) is 0 Å². The second-order valence-corrected chi connectivity index (χ2v) is 5.26. The summed E-state index contributed by atoms with van der Waals surface area (Å²) >= 11 is -0.0386. The molecule has 0 aromatic rings. The molecule has 0 saturated carbocycles. The van der Waals surface area contributed by atoms with Gasteiger partial charge in [-0.3, -0.25) is 0 Å². The molecule has 0 fully saturated rings. The zero-order valence-corrected chi connectivity index (χ0v) is 8.00. The molecule has 0 atom stereocenters. The van der Waals surface area contributed by atoms with Gasteiger partial charge in [0.05, 0.1) is 0 Å². The third-order valence-corrected chi connectivity index (χ3v) is 4.11. The van der Waals surface area contributed by atoms with E-state index < -0.39 is 0 Å². The van der Waals surface area contributed by atoms with E-state index in [-0.39, 0.29) is 20.4 Å². The van der Waals surface area contributed by atoms with E-state index in [9.17, 15) is 0 Å². The second-order valence-electron chi connectivity index (χ2n) is 3.09. The molecule has 0 aromatic carbocycles. The summed E-state index contributed by atoms with van der Waals surface area (Å²) in [6.45, 7) is 0. The molecule has 0 aliphatic heterocycles. The maximum absolute atomic E-state index is 2.30. The standard InChI is InChI=1S/2C5H5.Mg/c2*1-2-4-5-3-1;/h2*1-3H,4H2;. The normalized spacial score (nSPS) is 20.0. The lowest BCUT2D eigenvalue weighted by atomic mass is 10.5. The molecule has 0 N–H and O–H groups in total. The first-order valence-electron chi connectivity index (χ1n) is 4.14. The van der Waals surface area contributed by atoms with Crippen molar-refractivity contribution in [1.82, 2.24) is 0 Å². The van der Waals surface area contributed by atoms with Gasteiger partial charge in [-0.2, -0.15) is 7.40 Å². The molecule has 0 unspecified atom stereocenters. The SMILES string of the molecule is C1=CC[C]([Mg][C]2=CC=CC2)=C1. The summed E-state index contributed by atoms with van der Waals surface area (Å²) in [6.07, 6.45) is 15.9. The lowest BCUT2D eigenvalue weighted by molar-refractivity contribution is 1.35. The van der Waals surface area contributed by atoms with Crippen LogP contribution in [0.1, 0.15) is 12.8 Å². The Labute approximate surface area is 77.1 Å². The maximum atomic E-state index is 2.30. The first-order valence-corrected chi connectivity index (χ1v) is 5.56. The minimum atomic E-state index is -0.0386. The van der Waals surface area contributed by atoms with Gasteiger partial charge in [0.15, 0.2) is 0 Å². The number of hydrogen-bond acceptors (Lipinski definition) is 0. The quantitative estimate of drug-likeness (QED) is 0.536. The average molecular weight is 154 g/mol. The van der Waals surface area contributed by atoms with Crippen LogP contribution in [0, 0.1) is 0 Å². The largest absolute Gasteiger partial charge is 0.438 e. The minimum absolute atomic E-state index is 0.0386. The van der Waals surface area contributed by atoms with Gasteiger partial charge < -0.3 is 0 Å². The smallest absolute Gasteiger partial charge is 0.182 e. The highest BCUT2D eigenvalue weighted by molar-refractivity contribution is 6.54. The fourth-order valence-corrected chi connectivity index (χ4v) is 3.25. The van der Waals surface area contributed by atoms with E-state index in [1.807, 2.05) is 0 Å². The molecule has 2 rings (SSSR count). The first kappa shape index (κ1) is 7.38. The summed E-state index contributed by atoms with van der Waals surface area (Å²) in [6, 6.07) is 0. The van der Waals surface area contributed by atoms with Gasteiger partial charge in [0, 0.05) is 0 Å². The molecule has 0 amide bonds. The van der Waals surface area contributed by atoms with Crippen LogP contribution in [0.25, 0.3) is 0 Å². The topological polar surface area (TPSA) is 0 Å². The Morgan fingerprint density at radius 2 is 1.45 bits per heavy atom. The van der Waals surface area contributed by atoms with E-state index in [1.54, 1.807) is 7.40 Å². The maximum Gasteiger partial charge on any atom is 0.438 e. The van der Waals surface area contributed by atoms with Gasteiger partial charge in [0.1, 0.15) is 0 Å². The lowest BCUT2D eigenvalue weighted by Gasteiger charge is -1.99. The molecular weight excluding hydrogens is 144 g/mol. The molecular formula is C10H10Mg. The van der Waals surface area contributed by atoms with Gasteiger partial charge in [-0.25, -0.2) is 0 Å². The molecule has 52 valence electrons.